The molecule has 0 N–H and O–H groups in total. The lowest BCUT2D eigenvalue weighted by Gasteiger charge is -2.41. The van der Waals surface area contributed by atoms with E-state index in [-0.39, 0.29) is 18.4 Å². The van der Waals surface area contributed by atoms with Gasteiger partial charge in [0.05, 0.1) is 29.6 Å². The number of aromatic nitrogens is 3. The lowest BCUT2D eigenvalue weighted by atomic mass is 9.97. The summed E-state index contributed by atoms with van der Waals surface area (Å²) in [5.74, 6) is 2.04. The maximum atomic E-state index is 12.5. The third kappa shape index (κ3) is 4.70. The molecule has 3 aromatic rings. The van der Waals surface area contributed by atoms with Crippen LogP contribution >= 0.6 is 0 Å². The second-order valence-electron chi connectivity index (χ2n) is 11.9. The molecule has 7 rings (SSSR count). The Morgan fingerprint density at radius 1 is 1.17 bits per heavy atom. The molecule has 4 aliphatic rings. The molecule has 2 unspecified atom stereocenters. The minimum Gasteiger partial charge on any atom is -0.462 e. The van der Waals surface area contributed by atoms with Gasteiger partial charge in [0.2, 0.25) is 5.91 Å². The van der Waals surface area contributed by atoms with Gasteiger partial charge in [-0.25, -0.2) is 4.98 Å². The first kappa shape index (κ1) is 25.9. The zero-order valence-electron chi connectivity index (χ0n) is 23.5. The number of rotatable bonds is 7. The van der Waals surface area contributed by atoms with Crippen LogP contribution in [0.15, 0.2) is 43.0 Å². The number of ether oxygens (including phenoxy) is 1. The van der Waals surface area contributed by atoms with Crippen molar-refractivity contribution in [3.05, 3.63) is 54.1 Å². The van der Waals surface area contributed by atoms with Crippen LogP contribution in [0.1, 0.15) is 42.7 Å². The van der Waals surface area contributed by atoms with Gasteiger partial charge >= 0.3 is 6.01 Å². The van der Waals surface area contributed by atoms with Crippen molar-refractivity contribution < 1.29 is 9.53 Å². The number of nitriles is 1. The van der Waals surface area contributed by atoms with E-state index in [0.717, 1.165) is 42.2 Å². The molecule has 0 spiro atoms. The van der Waals surface area contributed by atoms with Crippen molar-refractivity contribution in [1.82, 2.24) is 24.8 Å². The lowest BCUT2D eigenvalue weighted by molar-refractivity contribution is -0.128. The maximum absolute atomic E-state index is 12.5. The second-order valence-corrected chi connectivity index (χ2v) is 11.9. The van der Waals surface area contributed by atoms with Crippen LogP contribution in [0, 0.1) is 17.2 Å². The summed E-state index contributed by atoms with van der Waals surface area (Å²) in [4.78, 5) is 33.5. The average Bonchev–Trinajstić information content (AvgIpc) is 3.47. The number of nitrogens with zero attached hydrogens (tertiary/aromatic N) is 7. The fraction of sp³-hybridized carbons (Fsp3) is 0.469. The van der Waals surface area contributed by atoms with Crippen molar-refractivity contribution in [2.24, 2.45) is 5.92 Å². The summed E-state index contributed by atoms with van der Waals surface area (Å²) in [6.07, 6.45) is 6.27. The molecule has 3 fully saturated rings. The van der Waals surface area contributed by atoms with Crippen molar-refractivity contribution >= 4 is 22.8 Å². The van der Waals surface area contributed by atoms with Gasteiger partial charge in [0.1, 0.15) is 12.4 Å². The maximum Gasteiger partial charge on any atom is 0.320 e. The van der Waals surface area contributed by atoms with Crippen molar-refractivity contribution in [2.45, 2.75) is 50.1 Å². The Balaban J connectivity index is 1.26. The molecule has 0 bridgehead atoms. The summed E-state index contributed by atoms with van der Waals surface area (Å²) in [7, 11) is 2.13. The number of hydrogen-bond donors (Lipinski definition) is 0. The average molecular weight is 550 g/mol. The smallest absolute Gasteiger partial charge is 0.320 e. The van der Waals surface area contributed by atoms with Gasteiger partial charge in [0, 0.05) is 31.2 Å². The summed E-state index contributed by atoms with van der Waals surface area (Å²) in [5.41, 5.74) is 5.65. The molecule has 0 radical (unpaired) electrons. The van der Waals surface area contributed by atoms with Crippen molar-refractivity contribution in [3.8, 4) is 23.3 Å². The molecule has 2 aromatic heterocycles. The fourth-order valence-electron chi connectivity index (χ4n) is 7.09. The monoisotopic (exact) mass is 549 g/mol. The van der Waals surface area contributed by atoms with Crippen molar-refractivity contribution in [1.29, 1.82) is 5.26 Å². The van der Waals surface area contributed by atoms with Gasteiger partial charge in [0.15, 0.2) is 5.65 Å². The molecule has 2 saturated heterocycles. The molecule has 4 heterocycles. The van der Waals surface area contributed by atoms with Crippen LogP contribution < -0.4 is 9.64 Å². The Morgan fingerprint density at radius 2 is 2.07 bits per heavy atom. The molecule has 1 amide bonds. The second kappa shape index (κ2) is 10.4. The molecule has 1 saturated carbocycles. The molecule has 2 aliphatic heterocycles. The normalized spacial score (nSPS) is 25.1. The number of hydrogen-bond acceptors (Lipinski definition) is 8. The van der Waals surface area contributed by atoms with Crippen molar-refractivity contribution in [3.63, 3.8) is 0 Å². The Labute approximate surface area is 240 Å². The van der Waals surface area contributed by atoms with Crippen LogP contribution in [0.2, 0.25) is 0 Å². The highest BCUT2D eigenvalue weighted by atomic mass is 16.5. The van der Waals surface area contributed by atoms with E-state index in [2.05, 4.69) is 59.8 Å². The Morgan fingerprint density at radius 3 is 2.88 bits per heavy atom. The van der Waals surface area contributed by atoms with Gasteiger partial charge in [-0.15, -0.1) is 0 Å². The lowest BCUT2D eigenvalue weighted by Crippen LogP contribution is -2.55. The number of carbonyl (C=O) groups excluding carboxylic acids is 1. The molecule has 4 atom stereocenters. The minimum absolute atomic E-state index is 0.151. The third-order valence-corrected chi connectivity index (χ3v) is 9.41. The number of fused-ring (bicyclic) bond motifs is 4. The molecule has 9 heteroatoms. The van der Waals surface area contributed by atoms with Gasteiger partial charge in [-0.05, 0) is 80.4 Å². The minimum atomic E-state index is -0.258. The van der Waals surface area contributed by atoms with E-state index in [4.69, 9.17) is 19.7 Å². The molecule has 9 nitrogen and oxygen atoms in total. The summed E-state index contributed by atoms with van der Waals surface area (Å²) < 4.78 is 6.23. The Bertz CT molecular complexity index is 1570. The number of amides is 1. The van der Waals surface area contributed by atoms with E-state index >= 15 is 0 Å². The fourth-order valence-corrected chi connectivity index (χ4v) is 7.09. The topological polar surface area (TPSA) is 98.5 Å². The molecule has 1 aromatic carbocycles. The molecule has 41 heavy (non-hydrogen) atoms. The van der Waals surface area contributed by atoms with E-state index in [1.165, 1.54) is 35.6 Å². The molecule has 210 valence electrons. The van der Waals surface area contributed by atoms with E-state index in [1.807, 2.05) is 0 Å². The predicted molar refractivity (Wildman–Crippen MR) is 157 cm³/mol. The first-order valence-electron chi connectivity index (χ1n) is 14.7. The van der Waals surface area contributed by atoms with Crippen LogP contribution in [0.5, 0.6) is 6.01 Å². The first-order chi connectivity index (χ1) is 20.0. The predicted octanol–water partition coefficient (Wildman–Crippen LogP) is 3.94. The van der Waals surface area contributed by atoms with Crippen LogP contribution in [0.25, 0.3) is 22.3 Å². The standard InChI is InChI=1S/C32H35N7O2/c1-3-28(40)39-15-14-38(18-22(39)11-12-33)31-25-9-10-27(24-8-4-6-20-16-21-17-26(21)29(20)24)34-30(25)35-32(36-31)41-19-23-7-5-13-37(23)2/h3-4,6,8-10,21-23,26H,1,5,7,11,13-19H2,2H3/t21?,22-,23-,26?/m0/s1. The van der Waals surface area contributed by atoms with Crippen LogP contribution in [-0.4, -0.2) is 82.6 Å². The highest BCUT2D eigenvalue weighted by Crippen LogP contribution is 2.58. The third-order valence-electron chi connectivity index (χ3n) is 9.41. The zero-order chi connectivity index (χ0) is 28.1. The van der Waals surface area contributed by atoms with Gasteiger partial charge in [-0.3, -0.25) is 4.79 Å². The number of anilines is 1. The highest BCUT2D eigenvalue weighted by molar-refractivity contribution is 5.90. The summed E-state index contributed by atoms with van der Waals surface area (Å²) in [5, 5.41) is 10.3. The van der Waals surface area contributed by atoms with E-state index < -0.39 is 0 Å². The Kier molecular flexibility index (Phi) is 6.58. The van der Waals surface area contributed by atoms with Crippen molar-refractivity contribution in [2.75, 3.05) is 44.7 Å². The summed E-state index contributed by atoms with van der Waals surface area (Å²) >= 11 is 0. The quantitative estimate of drug-likeness (QED) is 0.409. The van der Waals surface area contributed by atoms with Crippen LogP contribution in [0.4, 0.5) is 5.82 Å². The molecule has 2 aliphatic carbocycles. The van der Waals surface area contributed by atoms with Gasteiger partial charge in [0.25, 0.3) is 0 Å². The summed E-state index contributed by atoms with van der Waals surface area (Å²) in [6, 6.07) is 13.4. The van der Waals surface area contributed by atoms with E-state index in [0.29, 0.717) is 49.9 Å². The van der Waals surface area contributed by atoms with Gasteiger partial charge in [-0.1, -0.05) is 24.8 Å². The number of likely N-dealkylation sites (N-methyl/N-ethyl adjacent to an activating group) is 1. The zero-order valence-corrected chi connectivity index (χ0v) is 23.5. The first-order valence-corrected chi connectivity index (χ1v) is 14.7. The number of carbonyl (C=O) groups is 1. The van der Waals surface area contributed by atoms with Gasteiger partial charge in [-0.2, -0.15) is 15.2 Å². The van der Waals surface area contributed by atoms with Crippen LogP contribution in [0.3, 0.4) is 0 Å². The number of benzene rings is 1. The number of likely N-dealkylation sites (tertiary alicyclic amines) is 1. The van der Waals surface area contributed by atoms with Gasteiger partial charge < -0.3 is 19.4 Å². The SMILES string of the molecule is C=CC(=O)N1CCN(c2nc(OC[C@@H]3CCCN3C)nc3nc(-c4cccc5c4C4CC4C5)ccc23)C[C@@H]1CC#N. The summed E-state index contributed by atoms with van der Waals surface area (Å²) in [6.45, 7) is 6.78. The largest absolute Gasteiger partial charge is 0.462 e. The van der Waals surface area contributed by atoms with Crippen LogP contribution in [-0.2, 0) is 11.2 Å². The number of piperazine rings is 1. The van der Waals surface area contributed by atoms with E-state index in [1.54, 1.807) is 4.90 Å². The Hall–Kier alpha value is -4.03. The van der Waals surface area contributed by atoms with E-state index in [9.17, 15) is 10.1 Å². The molecular formula is C32H35N7O2. The molecular weight excluding hydrogens is 514 g/mol. The number of pyridine rings is 1. The highest BCUT2D eigenvalue weighted by Gasteiger charge is 2.46.